The highest BCUT2D eigenvalue weighted by Gasteiger charge is 2.48. The first-order valence-corrected chi connectivity index (χ1v) is 9.82. The summed E-state index contributed by atoms with van der Waals surface area (Å²) < 4.78 is 0. The molecule has 2 nitrogen and oxygen atoms in total. The van der Waals surface area contributed by atoms with Crippen LogP contribution >= 0.6 is 34.8 Å². The lowest BCUT2D eigenvalue weighted by molar-refractivity contribution is 0.0932. The van der Waals surface area contributed by atoms with Crippen molar-refractivity contribution in [2.75, 3.05) is 6.54 Å². The monoisotopic (exact) mass is 387 g/mol. The third-order valence-electron chi connectivity index (χ3n) is 6.07. The van der Waals surface area contributed by atoms with E-state index in [1.807, 2.05) is 13.8 Å². The van der Waals surface area contributed by atoms with E-state index in [2.05, 4.69) is 19.2 Å². The summed E-state index contributed by atoms with van der Waals surface area (Å²) in [7, 11) is 0. The number of carbonyl (C=O) groups is 1. The van der Waals surface area contributed by atoms with Crippen LogP contribution < -0.4 is 5.32 Å². The van der Waals surface area contributed by atoms with E-state index >= 15 is 0 Å². The van der Waals surface area contributed by atoms with Gasteiger partial charge in [0.2, 0.25) is 0 Å². The SMILES string of the molecule is CC(C)c1c(Cl)c(Cl)c2c(c1Cl)C(=O)NCC1C(C)CCCC21C. The van der Waals surface area contributed by atoms with Gasteiger partial charge in [0.1, 0.15) is 0 Å². The van der Waals surface area contributed by atoms with Gasteiger partial charge in [0.05, 0.1) is 20.6 Å². The molecule has 1 heterocycles. The van der Waals surface area contributed by atoms with Gasteiger partial charge in [-0.3, -0.25) is 4.79 Å². The Morgan fingerprint density at radius 1 is 1.17 bits per heavy atom. The molecule has 1 saturated carbocycles. The van der Waals surface area contributed by atoms with Crippen LogP contribution in [0.5, 0.6) is 0 Å². The molecule has 5 heteroatoms. The molecule has 1 aliphatic heterocycles. The van der Waals surface area contributed by atoms with Crippen LogP contribution in [0.25, 0.3) is 0 Å². The Hall–Kier alpha value is -0.440. The summed E-state index contributed by atoms with van der Waals surface area (Å²) in [6.07, 6.45) is 3.30. The third kappa shape index (κ3) is 2.57. The van der Waals surface area contributed by atoms with Crippen molar-refractivity contribution in [2.45, 2.75) is 58.3 Å². The molecular weight excluding hydrogens is 365 g/mol. The van der Waals surface area contributed by atoms with E-state index in [4.69, 9.17) is 34.8 Å². The molecule has 132 valence electrons. The Kier molecular flexibility index (Phi) is 4.87. The Labute approximate surface area is 159 Å². The largest absolute Gasteiger partial charge is 0.352 e. The maximum absolute atomic E-state index is 12.9. The van der Waals surface area contributed by atoms with Crippen LogP contribution in [0, 0.1) is 11.8 Å². The van der Waals surface area contributed by atoms with Crippen LogP contribution in [0.1, 0.15) is 74.4 Å². The average Bonchev–Trinajstić information content (AvgIpc) is 2.60. The van der Waals surface area contributed by atoms with Crippen molar-refractivity contribution in [2.24, 2.45) is 11.8 Å². The van der Waals surface area contributed by atoms with E-state index in [1.165, 1.54) is 6.42 Å². The number of fused-ring (bicyclic) bond motifs is 3. The molecule has 3 atom stereocenters. The Balaban J connectivity index is 2.36. The summed E-state index contributed by atoms with van der Waals surface area (Å²) in [5, 5.41) is 4.56. The molecular formula is C19H24Cl3NO. The number of hydrogen-bond acceptors (Lipinski definition) is 1. The number of benzene rings is 1. The van der Waals surface area contributed by atoms with Gasteiger partial charge >= 0.3 is 0 Å². The molecule has 3 rings (SSSR count). The fraction of sp³-hybridized carbons (Fsp3) is 0.632. The molecule has 0 radical (unpaired) electrons. The van der Waals surface area contributed by atoms with Gasteiger partial charge in [-0.2, -0.15) is 0 Å². The number of amides is 1. The molecule has 1 N–H and O–H groups in total. The molecule has 2 aliphatic rings. The molecule has 3 unspecified atom stereocenters. The molecule has 1 aromatic carbocycles. The van der Waals surface area contributed by atoms with Crippen LogP contribution in [0.15, 0.2) is 0 Å². The van der Waals surface area contributed by atoms with Gasteiger partial charge in [-0.05, 0) is 40.7 Å². The van der Waals surface area contributed by atoms with Gasteiger partial charge in [-0.15, -0.1) is 0 Å². The quantitative estimate of drug-likeness (QED) is 0.569. The lowest BCUT2D eigenvalue weighted by Crippen LogP contribution is -2.43. The number of hydrogen-bond donors (Lipinski definition) is 1. The van der Waals surface area contributed by atoms with Gasteiger partial charge in [-0.25, -0.2) is 0 Å². The lowest BCUT2D eigenvalue weighted by Gasteiger charge is -2.45. The van der Waals surface area contributed by atoms with Gasteiger partial charge in [0.15, 0.2) is 0 Å². The summed E-state index contributed by atoms with van der Waals surface area (Å²) in [5.74, 6) is 0.829. The van der Waals surface area contributed by atoms with Crippen molar-refractivity contribution < 1.29 is 4.79 Å². The molecule has 0 aromatic heterocycles. The lowest BCUT2D eigenvalue weighted by atomic mass is 9.59. The first kappa shape index (κ1) is 18.4. The van der Waals surface area contributed by atoms with Gasteiger partial charge in [-0.1, -0.05) is 75.3 Å². The average molecular weight is 389 g/mol. The van der Waals surface area contributed by atoms with Crippen LogP contribution in [-0.4, -0.2) is 12.5 Å². The van der Waals surface area contributed by atoms with Crippen molar-refractivity contribution in [1.82, 2.24) is 5.32 Å². The van der Waals surface area contributed by atoms with Gasteiger partial charge in [0.25, 0.3) is 5.91 Å². The normalized spacial score (nSPS) is 29.8. The van der Waals surface area contributed by atoms with E-state index in [0.29, 0.717) is 39.0 Å². The second-order valence-electron chi connectivity index (χ2n) is 7.86. The summed E-state index contributed by atoms with van der Waals surface area (Å²) in [5.41, 5.74) is 1.97. The number of rotatable bonds is 1. The molecule has 0 saturated heterocycles. The van der Waals surface area contributed by atoms with E-state index in [-0.39, 0.29) is 17.2 Å². The molecule has 1 aromatic rings. The van der Waals surface area contributed by atoms with E-state index in [1.54, 1.807) is 0 Å². The predicted octanol–water partition coefficient (Wildman–Crippen LogP) is 6.21. The Bertz CT molecular complexity index is 701. The highest BCUT2D eigenvalue weighted by Crippen LogP contribution is 2.54. The molecule has 1 amide bonds. The van der Waals surface area contributed by atoms with E-state index in [9.17, 15) is 4.79 Å². The zero-order valence-corrected chi connectivity index (χ0v) is 16.9. The summed E-state index contributed by atoms with van der Waals surface area (Å²) in [6.45, 7) is 9.17. The minimum Gasteiger partial charge on any atom is -0.352 e. The van der Waals surface area contributed by atoms with Crippen molar-refractivity contribution in [3.05, 3.63) is 31.8 Å². The molecule has 24 heavy (non-hydrogen) atoms. The predicted molar refractivity (Wildman–Crippen MR) is 102 cm³/mol. The van der Waals surface area contributed by atoms with Crippen molar-refractivity contribution in [3.63, 3.8) is 0 Å². The molecule has 0 bridgehead atoms. The Morgan fingerprint density at radius 2 is 1.83 bits per heavy atom. The van der Waals surface area contributed by atoms with Crippen LogP contribution in [-0.2, 0) is 5.41 Å². The van der Waals surface area contributed by atoms with Gasteiger partial charge in [0, 0.05) is 6.54 Å². The molecule has 0 spiro atoms. The molecule has 1 aliphatic carbocycles. The third-order valence-corrected chi connectivity index (χ3v) is 7.33. The van der Waals surface area contributed by atoms with Crippen LogP contribution in [0.2, 0.25) is 15.1 Å². The van der Waals surface area contributed by atoms with Crippen LogP contribution in [0.3, 0.4) is 0 Å². The number of carbonyl (C=O) groups excluding carboxylic acids is 1. The number of halogens is 3. The second kappa shape index (κ2) is 6.37. The van der Waals surface area contributed by atoms with Crippen LogP contribution in [0.4, 0.5) is 0 Å². The van der Waals surface area contributed by atoms with Gasteiger partial charge < -0.3 is 5.32 Å². The maximum Gasteiger partial charge on any atom is 0.253 e. The van der Waals surface area contributed by atoms with E-state index < -0.39 is 0 Å². The molecule has 1 fully saturated rings. The number of nitrogens with one attached hydrogen (secondary N) is 1. The van der Waals surface area contributed by atoms with Crippen molar-refractivity contribution >= 4 is 40.7 Å². The van der Waals surface area contributed by atoms with Crippen molar-refractivity contribution in [3.8, 4) is 0 Å². The summed E-state index contributed by atoms with van der Waals surface area (Å²) >= 11 is 20.1. The first-order valence-electron chi connectivity index (χ1n) is 8.69. The smallest absolute Gasteiger partial charge is 0.253 e. The van der Waals surface area contributed by atoms with E-state index in [0.717, 1.165) is 24.0 Å². The zero-order valence-electron chi connectivity index (χ0n) is 14.6. The fourth-order valence-corrected chi connectivity index (χ4v) is 6.13. The second-order valence-corrected chi connectivity index (χ2v) is 9.00. The maximum atomic E-state index is 12.9. The summed E-state index contributed by atoms with van der Waals surface area (Å²) in [6, 6.07) is 0. The highest BCUT2D eigenvalue weighted by atomic mass is 35.5. The standard InChI is InChI=1S/C19H24Cl3NO/c1-9(2)12-15(20)13-14(17(22)16(12)21)19(4)7-5-6-10(3)11(19)8-23-18(13)24/h9-11H,5-8H2,1-4H3,(H,23,24). The summed E-state index contributed by atoms with van der Waals surface area (Å²) in [4.78, 5) is 12.9. The minimum atomic E-state index is -0.188. The minimum absolute atomic E-state index is 0.0951. The Morgan fingerprint density at radius 3 is 2.46 bits per heavy atom. The first-order chi connectivity index (χ1) is 11.2. The topological polar surface area (TPSA) is 29.1 Å². The highest BCUT2D eigenvalue weighted by molar-refractivity contribution is 6.46. The van der Waals surface area contributed by atoms with Crippen molar-refractivity contribution in [1.29, 1.82) is 0 Å². The fourth-order valence-electron chi connectivity index (χ4n) is 4.77. The zero-order chi connectivity index (χ0) is 17.8.